The second kappa shape index (κ2) is 10.1. The predicted molar refractivity (Wildman–Crippen MR) is 120 cm³/mol. The van der Waals surface area contributed by atoms with Crippen LogP contribution in [0.4, 0.5) is 0 Å². The SMILES string of the molecule is CCO[C@@H]1CN(Cc2ccccc2)C(=O)[C@@]2(CCCN(CC(=O)N3CCCCC3)C2)C1. The lowest BCUT2D eigenvalue weighted by Gasteiger charge is -2.49. The number of rotatable bonds is 6. The highest BCUT2D eigenvalue weighted by Crippen LogP contribution is 2.41. The van der Waals surface area contributed by atoms with Crippen LogP contribution in [0, 0.1) is 5.41 Å². The van der Waals surface area contributed by atoms with Crippen molar-refractivity contribution in [3.8, 4) is 0 Å². The van der Waals surface area contributed by atoms with Gasteiger partial charge in [0.2, 0.25) is 11.8 Å². The Morgan fingerprint density at radius 1 is 1.10 bits per heavy atom. The first kappa shape index (κ1) is 22.3. The van der Waals surface area contributed by atoms with Gasteiger partial charge in [-0.25, -0.2) is 0 Å². The van der Waals surface area contributed by atoms with Crippen molar-refractivity contribution < 1.29 is 14.3 Å². The molecule has 0 N–H and O–H groups in total. The first-order valence-corrected chi connectivity index (χ1v) is 12.0. The van der Waals surface area contributed by atoms with Crippen molar-refractivity contribution in [2.75, 3.05) is 45.9 Å². The molecule has 0 unspecified atom stereocenters. The Balaban J connectivity index is 1.47. The third-order valence-electron chi connectivity index (χ3n) is 7.13. The van der Waals surface area contributed by atoms with Gasteiger partial charge >= 0.3 is 0 Å². The van der Waals surface area contributed by atoms with Crippen LogP contribution in [0.5, 0.6) is 0 Å². The lowest BCUT2D eigenvalue weighted by atomic mass is 9.72. The van der Waals surface area contributed by atoms with Crippen LogP contribution < -0.4 is 0 Å². The van der Waals surface area contributed by atoms with Gasteiger partial charge in [0.15, 0.2) is 0 Å². The van der Waals surface area contributed by atoms with Gasteiger partial charge in [0, 0.05) is 39.3 Å². The molecule has 3 fully saturated rings. The quantitative estimate of drug-likeness (QED) is 0.701. The molecule has 2 amide bonds. The molecule has 0 radical (unpaired) electrons. The minimum Gasteiger partial charge on any atom is -0.377 e. The van der Waals surface area contributed by atoms with Crippen LogP contribution in [-0.2, 0) is 20.9 Å². The van der Waals surface area contributed by atoms with Crippen molar-refractivity contribution in [1.82, 2.24) is 14.7 Å². The summed E-state index contributed by atoms with van der Waals surface area (Å²) in [5, 5.41) is 0. The molecular formula is C25H37N3O3. The van der Waals surface area contributed by atoms with Gasteiger partial charge < -0.3 is 14.5 Å². The van der Waals surface area contributed by atoms with Crippen molar-refractivity contribution in [2.24, 2.45) is 5.41 Å². The maximum Gasteiger partial charge on any atom is 0.236 e. The predicted octanol–water partition coefficient (Wildman–Crippen LogP) is 2.92. The van der Waals surface area contributed by atoms with Gasteiger partial charge in [-0.05, 0) is 57.6 Å². The number of benzene rings is 1. The molecule has 1 aromatic carbocycles. The molecule has 0 aliphatic carbocycles. The highest BCUT2D eigenvalue weighted by atomic mass is 16.5. The Bertz CT molecular complexity index is 750. The fourth-order valence-electron chi connectivity index (χ4n) is 5.68. The molecule has 1 spiro atoms. The van der Waals surface area contributed by atoms with Gasteiger partial charge in [0.25, 0.3) is 0 Å². The molecule has 4 rings (SSSR count). The van der Waals surface area contributed by atoms with E-state index in [0.29, 0.717) is 32.8 Å². The number of hydrogen-bond donors (Lipinski definition) is 0. The van der Waals surface area contributed by atoms with E-state index in [9.17, 15) is 9.59 Å². The summed E-state index contributed by atoms with van der Waals surface area (Å²) in [7, 11) is 0. The Labute approximate surface area is 186 Å². The number of carbonyl (C=O) groups is 2. The summed E-state index contributed by atoms with van der Waals surface area (Å²) >= 11 is 0. The number of carbonyl (C=O) groups excluding carboxylic acids is 2. The number of ether oxygens (including phenoxy) is 1. The van der Waals surface area contributed by atoms with E-state index >= 15 is 0 Å². The van der Waals surface area contributed by atoms with Crippen LogP contribution in [0.15, 0.2) is 30.3 Å². The van der Waals surface area contributed by atoms with E-state index in [-0.39, 0.29) is 17.9 Å². The number of amides is 2. The summed E-state index contributed by atoms with van der Waals surface area (Å²) in [6.45, 7) is 7.72. The van der Waals surface area contributed by atoms with Gasteiger partial charge in [-0.3, -0.25) is 14.5 Å². The van der Waals surface area contributed by atoms with Crippen molar-refractivity contribution in [3.63, 3.8) is 0 Å². The van der Waals surface area contributed by atoms with E-state index in [2.05, 4.69) is 17.0 Å². The fourth-order valence-corrected chi connectivity index (χ4v) is 5.68. The van der Waals surface area contributed by atoms with Crippen LogP contribution in [0.1, 0.15) is 51.0 Å². The fraction of sp³-hybridized carbons (Fsp3) is 0.680. The summed E-state index contributed by atoms with van der Waals surface area (Å²) in [6, 6.07) is 10.2. The smallest absolute Gasteiger partial charge is 0.236 e. The van der Waals surface area contributed by atoms with Gasteiger partial charge in [-0.1, -0.05) is 30.3 Å². The minimum atomic E-state index is -0.437. The van der Waals surface area contributed by atoms with E-state index in [1.165, 1.54) is 6.42 Å². The summed E-state index contributed by atoms with van der Waals surface area (Å²) in [4.78, 5) is 32.8. The van der Waals surface area contributed by atoms with Crippen molar-refractivity contribution in [2.45, 2.75) is 58.1 Å². The van der Waals surface area contributed by atoms with E-state index in [4.69, 9.17) is 4.74 Å². The molecule has 3 aliphatic rings. The van der Waals surface area contributed by atoms with E-state index in [1.54, 1.807) is 0 Å². The lowest BCUT2D eigenvalue weighted by molar-refractivity contribution is -0.162. The minimum absolute atomic E-state index is 0.0594. The van der Waals surface area contributed by atoms with Crippen LogP contribution in [-0.4, -0.2) is 78.5 Å². The molecule has 0 aromatic heterocycles. The standard InChI is InChI=1S/C25H37N3O3/c1-2-31-22-16-25(24(30)28(18-22)17-21-10-5-3-6-11-21)12-9-13-26(20-25)19-23(29)27-14-7-4-8-15-27/h3,5-6,10-11,22H,2,4,7-9,12-20H2,1H3/t22-,25-/m0/s1. The molecule has 3 heterocycles. The zero-order valence-corrected chi connectivity index (χ0v) is 18.9. The zero-order chi connectivity index (χ0) is 21.7. The molecule has 6 nitrogen and oxygen atoms in total. The van der Waals surface area contributed by atoms with Crippen LogP contribution in [0.25, 0.3) is 0 Å². The van der Waals surface area contributed by atoms with Gasteiger partial charge in [0.1, 0.15) is 0 Å². The number of hydrogen-bond acceptors (Lipinski definition) is 4. The second-order valence-corrected chi connectivity index (χ2v) is 9.49. The zero-order valence-electron chi connectivity index (χ0n) is 18.9. The highest BCUT2D eigenvalue weighted by Gasteiger charge is 2.49. The summed E-state index contributed by atoms with van der Waals surface area (Å²) < 4.78 is 6.05. The molecule has 1 aromatic rings. The number of likely N-dealkylation sites (tertiary alicyclic amines) is 3. The maximum atomic E-state index is 13.7. The van der Waals surface area contributed by atoms with Crippen molar-refractivity contribution in [1.29, 1.82) is 0 Å². The van der Waals surface area contributed by atoms with E-state index < -0.39 is 5.41 Å². The molecule has 2 atom stereocenters. The summed E-state index contributed by atoms with van der Waals surface area (Å²) in [5.74, 6) is 0.463. The third kappa shape index (κ3) is 5.29. The molecule has 0 saturated carbocycles. The second-order valence-electron chi connectivity index (χ2n) is 9.49. The third-order valence-corrected chi connectivity index (χ3v) is 7.13. The molecule has 170 valence electrons. The van der Waals surface area contributed by atoms with Gasteiger partial charge in [-0.2, -0.15) is 0 Å². The normalized spacial score (nSPS) is 27.6. The molecule has 31 heavy (non-hydrogen) atoms. The largest absolute Gasteiger partial charge is 0.377 e. The Morgan fingerprint density at radius 3 is 2.61 bits per heavy atom. The van der Waals surface area contributed by atoms with Crippen LogP contribution in [0.3, 0.4) is 0 Å². The van der Waals surface area contributed by atoms with Gasteiger partial charge in [-0.15, -0.1) is 0 Å². The molecule has 3 aliphatic heterocycles. The maximum absolute atomic E-state index is 13.7. The monoisotopic (exact) mass is 427 g/mol. The summed E-state index contributed by atoms with van der Waals surface area (Å²) in [6.07, 6.45) is 6.11. The number of piperidine rings is 3. The lowest BCUT2D eigenvalue weighted by Crippen LogP contribution is -2.60. The molecular weight excluding hydrogens is 390 g/mol. The van der Waals surface area contributed by atoms with Crippen LogP contribution >= 0.6 is 0 Å². The highest BCUT2D eigenvalue weighted by molar-refractivity contribution is 5.84. The Hall–Kier alpha value is -1.92. The topological polar surface area (TPSA) is 53.1 Å². The summed E-state index contributed by atoms with van der Waals surface area (Å²) in [5.41, 5.74) is 0.712. The average molecular weight is 428 g/mol. The molecule has 0 bridgehead atoms. The first-order valence-electron chi connectivity index (χ1n) is 12.0. The van der Waals surface area contributed by atoms with E-state index in [1.807, 2.05) is 34.9 Å². The van der Waals surface area contributed by atoms with Gasteiger partial charge in [0.05, 0.1) is 18.1 Å². The first-order chi connectivity index (χ1) is 15.1. The Kier molecular flexibility index (Phi) is 7.28. The van der Waals surface area contributed by atoms with Crippen molar-refractivity contribution >= 4 is 11.8 Å². The average Bonchev–Trinajstić information content (AvgIpc) is 2.79. The molecule has 6 heteroatoms. The van der Waals surface area contributed by atoms with Crippen molar-refractivity contribution in [3.05, 3.63) is 35.9 Å². The van der Waals surface area contributed by atoms with Crippen LogP contribution in [0.2, 0.25) is 0 Å². The molecule has 3 saturated heterocycles. The van der Waals surface area contributed by atoms with E-state index in [0.717, 1.165) is 57.3 Å². The number of nitrogens with zero attached hydrogens (tertiary/aromatic N) is 3. The Morgan fingerprint density at radius 2 is 1.87 bits per heavy atom.